The van der Waals surface area contributed by atoms with Crippen molar-refractivity contribution in [2.24, 2.45) is 0 Å². The van der Waals surface area contributed by atoms with Gasteiger partial charge in [-0.05, 0) is 0 Å². The molecule has 21 heavy (non-hydrogen) atoms. The van der Waals surface area contributed by atoms with Gasteiger partial charge in [0.25, 0.3) is 0 Å². The molecular weight excluding hydrogens is 278 g/mol. The molecule has 9 heteroatoms. The van der Waals surface area contributed by atoms with Crippen molar-refractivity contribution in [1.82, 2.24) is 19.5 Å². The molecule has 0 bridgehead atoms. The summed E-state index contributed by atoms with van der Waals surface area (Å²) in [5, 5.41) is 9.99. The zero-order chi connectivity index (χ0) is 15.0. The summed E-state index contributed by atoms with van der Waals surface area (Å²) in [6.07, 6.45) is 1.49. The molecule has 0 saturated carbocycles. The van der Waals surface area contributed by atoms with Gasteiger partial charge in [0.2, 0.25) is 0 Å². The van der Waals surface area contributed by atoms with Crippen molar-refractivity contribution in [3.63, 3.8) is 0 Å². The molecule has 3 rings (SSSR count). The SMILES string of the molecule is CC(=O)OC[C@H]1O[C@@H](n2cnc3c(N)ncnc32)C[C@@H]1O. The Morgan fingerprint density at radius 2 is 2.38 bits per heavy atom. The number of nitrogen functional groups attached to an aromatic ring is 1. The third kappa shape index (κ3) is 2.52. The zero-order valence-corrected chi connectivity index (χ0v) is 11.3. The Hall–Kier alpha value is -2.26. The van der Waals surface area contributed by atoms with Gasteiger partial charge in [0.15, 0.2) is 11.5 Å². The monoisotopic (exact) mass is 293 g/mol. The number of carbonyl (C=O) groups is 1. The normalized spacial score (nSPS) is 25.3. The second-order valence-electron chi connectivity index (χ2n) is 4.82. The van der Waals surface area contributed by atoms with Crippen molar-refractivity contribution >= 4 is 23.0 Å². The number of carbonyl (C=O) groups excluding carboxylic acids is 1. The number of hydrogen-bond donors (Lipinski definition) is 2. The van der Waals surface area contributed by atoms with E-state index in [1.807, 2.05) is 0 Å². The average Bonchev–Trinajstić information content (AvgIpc) is 3.01. The molecule has 1 aliphatic heterocycles. The maximum Gasteiger partial charge on any atom is 0.302 e. The van der Waals surface area contributed by atoms with Gasteiger partial charge in [-0.2, -0.15) is 0 Å². The van der Waals surface area contributed by atoms with Crippen molar-refractivity contribution in [1.29, 1.82) is 0 Å². The van der Waals surface area contributed by atoms with E-state index in [1.165, 1.54) is 13.3 Å². The predicted octanol–water partition coefficient (Wildman–Crippen LogP) is -0.380. The van der Waals surface area contributed by atoms with Crippen molar-refractivity contribution in [3.05, 3.63) is 12.7 Å². The average molecular weight is 293 g/mol. The molecule has 0 spiro atoms. The fraction of sp³-hybridized carbons (Fsp3) is 0.500. The van der Waals surface area contributed by atoms with Crippen LogP contribution >= 0.6 is 0 Å². The fourth-order valence-electron chi connectivity index (χ4n) is 2.32. The first-order valence-corrected chi connectivity index (χ1v) is 6.46. The van der Waals surface area contributed by atoms with E-state index in [4.69, 9.17) is 15.2 Å². The lowest BCUT2D eigenvalue weighted by molar-refractivity contribution is -0.147. The molecule has 1 aliphatic rings. The van der Waals surface area contributed by atoms with Gasteiger partial charge in [-0.1, -0.05) is 0 Å². The zero-order valence-electron chi connectivity index (χ0n) is 11.3. The smallest absolute Gasteiger partial charge is 0.302 e. The minimum Gasteiger partial charge on any atom is -0.463 e. The first-order valence-electron chi connectivity index (χ1n) is 6.46. The standard InChI is InChI=1S/C12H15N5O4/c1-6(18)20-3-8-7(19)2-9(21-8)17-5-16-10-11(13)14-4-15-12(10)17/h4-5,7-9,19H,2-3H2,1H3,(H2,13,14,15)/t7-,8+,9+/m0/s1. The molecule has 3 heterocycles. The van der Waals surface area contributed by atoms with Crippen LogP contribution in [0.2, 0.25) is 0 Å². The largest absolute Gasteiger partial charge is 0.463 e. The van der Waals surface area contributed by atoms with Crippen molar-refractivity contribution < 1.29 is 19.4 Å². The summed E-state index contributed by atoms with van der Waals surface area (Å²) in [7, 11) is 0. The number of aliphatic hydroxyl groups excluding tert-OH is 1. The number of hydrogen-bond acceptors (Lipinski definition) is 8. The molecule has 1 saturated heterocycles. The molecule has 3 atom stereocenters. The van der Waals surface area contributed by atoms with Gasteiger partial charge in [0.05, 0.1) is 12.4 Å². The third-order valence-corrected chi connectivity index (χ3v) is 3.35. The van der Waals surface area contributed by atoms with Gasteiger partial charge >= 0.3 is 5.97 Å². The fourth-order valence-corrected chi connectivity index (χ4v) is 2.32. The summed E-state index contributed by atoms with van der Waals surface area (Å²) in [6.45, 7) is 1.32. The summed E-state index contributed by atoms with van der Waals surface area (Å²) in [4.78, 5) is 23.0. The molecule has 1 fully saturated rings. The van der Waals surface area contributed by atoms with Gasteiger partial charge in [-0.15, -0.1) is 0 Å². The number of aromatic nitrogens is 4. The van der Waals surface area contributed by atoms with Gasteiger partial charge < -0.3 is 20.3 Å². The molecule has 3 N–H and O–H groups in total. The Kier molecular flexibility index (Phi) is 3.43. The number of aliphatic hydroxyl groups is 1. The summed E-state index contributed by atoms with van der Waals surface area (Å²) < 4.78 is 12.3. The van der Waals surface area contributed by atoms with E-state index in [-0.39, 0.29) is 12.4 Å². The molecular formula is C12H15N5O4. The number of ether oxygens (including phenoxy) is 2. The van der Waals surface area contributed by atoms with Crippen LogP contribution in [0.15, 0.2) is 12.7 Å². The van der Waals surface area contributed by atoms with Crippen LogP contribution in [0.5, 0.6) is 0 Å². The van der Waals surface area contributed by atoms with Crippen LogP contribution in [0.25, 0.3) is 11.2 Å². The van der Waals surface area contributed by atoms with E-state index in [1.54, 1.807) is 10.9 Å². The summed E-state index contributed by atoms with van der Waals surface area (Å²) >= 11 is 0. The number of anilines is 1. The molecule has 2 aromatic rings. The minimum atomic E-state index is -0.731. The number of nitrogens with two attached hydrogens (primary N) is 1. The molecule has 0 radical (unpaired) electrons. The lowest BCUT2D eigenvalue weighted by Crippen LogP contribution is -2.27. The minimum absolute atomic E-state index is 0.0107. The van der Waals surface area contributed by atoms with Crippen LogP contribution in [-0.2, 0) is 14.3 Å². The van der Waals surface area contributed by atoms with Gasteiger partial charge in [-0.3, -0.25) is 9.36 Å². The Balaban J connectivity index is 1.81. The number of imidazole rings is 1. The predicted molar refractivity (Wildman–Crippen MR) is 70.9 cm³/mol. The first kappa shape index (κ1) is 13.7. The number of fused-ring (bicyclic) bond motifs is 1. The maximum absolute atomic E-state index is 10.8. The van der Waals surface area contributed by atoms with Crippen LogP contribution in [-0.4, -0.2) is 49.4 Å². The highest BCUT2D eigenvalue weighted by molar-refractivity contribution is 5.81. The highest BCUT2D eigenvalue weighted by Gasteiger charge is 2.36. The third-order valence-electron chi connectivity index (χ3n) is 3.35. The second-order valence-corrected chi connectivity index (χ2v) is 4.82. The van der Waals surface area contributed by atoms with E-state index >= 15 is 0 Å². The maximum atomic E-state index is 10.8. The van der Waals surface area contributed by atoms with Crippen molar-refractivity contribution in [3.8, 4) is 0 Å². The first-order chi connectivity index (χ1) is 10.1. The van der Waals surface area contributed by atoms with E-state index in [0.29, 0.717) is 17.6 Å². The van der Waals surface area contributed by atoms with E-state index in [9.17, 15) is 9.90 Å². The second kappa shape index (κ2) is 5.26. The van der Waals surface area contributed by atoms with Crippen LogP contribution in [0.1, 0.15) is 19.6 Å². The van der Waals surface area contributed by atoms with Gasteiger partial charge in [-0.25, -0.2) is 15.0 Å². The Morgan fingerprint density at radius 1 is 1.57 bits per heavy atom. The lowest BCUT2D eigenvalue weighted by Gasteiger charge is -2.15. The summed E-state index contributed by atoms with van der Waals surface area (Å²) in [6, 6.07) is 0. The molecule has 2 aromatic heterocycles. The highest BCUT2D eigenvalue weighted by Crippen LogP contribution is 2.31. The molecule has 112 valence electrons. The van der Waals surface area contributed by atoms with Gasteiger partial charge in [0, 0.05) is 13.3 Å². The number of nitrogens with zero attached hydrogens (tertiary/aromatic N) is 4. The van der Waals surface area contributed by atoms with Crippen molar-refractivity contribution in [2.75, 3.05) is 12.3 Å². The number of esters is 1. The highest BCUT2D eigenvalue weighted by atomic mass is 16.6. The van der Waals surface area contributed by atoms with Crippen LogP contribution in [0.4, 0.5) is 5.82 Å². The topological polar surface area (TPSA) is 125 Å². The summed E-state index contributed by atoms with van der Waals surface area (Å²) in [5.41, 5.74) is 6.75. The molecule has 0 aromatic carbocycles. The van der Waals surface area contributed by atoms with Crippen LogP contribution in [0, 0.1) is 0 Å². The number of rotatable bonds is 3. The molecule has 0 aliphatic carbocycles. The molecule has 0 amide bonds. The Bertz CT molecular complexity index is 673. The van der Waals surface area contributed by atoms with E-state index in [2.05, 4.69) is 15.0 Å². The van der Waals surface area contributed by atoms with Crippen LogP contribution < -0.4 is 5.73 Å². The van der Waals surface area contributed by atoms with Crippen molar-refractivity contribution in [2.45, 2.75) is 31.8 Å². The van der Waals surface area contributed by atoms with E-state index in [0.717, 1.165) is 0 Å². The molecule has 0 unspecified atom stereocenters. The Labute approximate surface area is 119 Å². The lowest BCUT2D eigenvalue weighted by atomic mass is 10.2. The van der Waals surface area contributed by atoms with Crippen LogP contribution in [0.3, 0.4) is 0 Å². The van der Waals surface area contributed by atoms with Gasteiger partial charge in [0.1, 0.15) is 30.8 Å². The quantitative estimate of drug-likeness (QED) is 0.733. The molecule has 9 nitrogen and oxygen atoms in total. The summed E-state index contributed by atoms with van der Waals surface area (Å²) in [5.74, 6) is -0.128. The van der Waals surface area contributed by atoms with E-state index < -0.39 is 24.4 Å². The Morgan fingerprint density at radius 3 is 3.14 bits per heavy atom.